The van der Waals surface area contributed by atoms with Gasteiger partial charge < -0.3 is 0 Å². The summed E-state index contributed by atoms with van der Waals surface area (Å²) in [5.74, 6) is -2.03. The number of fused-ring (bicyclic) bond motifs is 1. The second kappa shape index (κ2) is 8.78. The molecule has 9 rings (SSSR count). The fourth-order valence-electron chi connectivity index (χ4n) is 7.53. The average Bonchev–Trinajstić information content (AvgIpc) is 3.30. The van der Waals surface area contributed by atoms with Crippen LogP contribution in [-0.2, 0) is 15.0 Å². The molecule has 2 atom stereocenters. The topological polar surface area (TPSA) is 92.9 Å². The Morgan fingerprint density at radius 2 is 1.36 bits per heavy atom. The molecule has 1 heterocycles. The average molecular weight is 550 g/mol. The van der Waals surface area contributed by atoms with Crippen LogP contribution in [0.3, 0.4) is 0 Å². The summed E-state index contributed by atoms with van der Waals surface area (Å²) in [5, 5.41) is 13.0. The van der Waals surface area contributed by atoms with Crippen molar-refractivity contribution in [2.75, 3.05) is 4.90 Å². The van der Waals surface area contributed by atoms with E-state index in [0.29, 0.717) is 11.4 Å². The number of imide groups is 1. The number of nitrogens with zero attached hydrogens (tertiary/aromatic N) is 3. The van der Waals surface area contributed by atoms with E-state index < -0.39 is 22.2 Å². The molecule has 0 radical (unpaired) electrons. The first kappa shape index (κ1) is 24.4. The maximum absolute atomic E-state index is 14.7. The van der Waals surface area contributed by atoms with Crippen molar-refractivity contribution in [3.8, 4) is 0 Å². The van der Waals surface area contributed by atoms with Crippen molar-refractivity contribution in [1.82, 2.24) is 0 Å². The molecule has 0 aromatic heterocycles. The molecule has 7 nitrogen and oxygen atoms in total. The second-order valence-corrected chi connectivity index (χ2v) is 11.1. The molecular formula is C35H23N3O4. The molecule has 1 aliphatic heterocycles. The SMILES string of the molecule is O=C1[C@@H]2[C@@H](C(=O)N1c1cccc3ccccc13)C1c3ccccc3C2(C=Nc2ccc([N+](=O)[O-])cc2)c2ccccc21. The fraction of sp³-hybridized carbons (Fsp3) is 0.114. The molecule has 5 aromatic carbocycles. The number of carbonyl (C=O) groups excluding carboxylic acids is 2. The van der Waals surface area contributed by atoms with E-state index >= 15 is 0 Å². The lowest BCUT2D eigenvalue weighted by Crippen LogP contribution is -2.54. The van der Waals surface area contributed by atoms with E-state index in [0.717, 1.165) is 33.0 Å². The number of non-ortho nitro benzene ring substituents is 1. The Labute approximate surface area is 240 Å². The molecule has 1 saturated heterocycles. The fourth-order valence-corrected chi connectivity index (χ4v) is 7.53. The van der Waals surface area contributed by atoms with Gasteiger partial charge in [0.25, 0.3) is 5.69 Å². The molecule has 0 saturated carbocycles. The van der Waals surface area contributed by atoms with E-state index in [4.69, 9.17) is 4.99 Å². The number of hydrogen-bond donors (Lipinski definition) is 0. The molecule has 0 unspecified atom stereocenters. The van der Waals surface area contributed by atoms with Gasteiger partial charge in [-0.05, 0) is 45.8 Å². The number of aliphatic imine (C=N–C) groups is 1. The summed E-state index contributed by atoms with van der Waals surface area (Å²) in [7, 11) is 0. The number of benzene rings is 5. The summed E-state index contributed by atoms with van der Waals surface area (Å²) in [4.78, 5) is 46.2. The summed E-state index contributed by atoms with van der Waals surface area (Å²) < 4.78 is 0. The second-order valence-electron chi connectivity index (χ2n) is 11.1. The van der Waals surface area contributed by atoms with Crippen molar-refractivity contribution in [3.63, 3.8) is 0 Å². The highest BCUT2D eigenvalue weighted by atomic mass is 16.6. The molecule has 1 fully saturated rings. The zero-order valence-corrected chi connectivity index (χ0v) is 22.3. The Hall–Kier alpha value is -5.43. The predicted molar refractivity (Wildman–Crippen MR) is 160 cm³/mol. The minimum atomic E-state index is -1.01. The molecule has 0 N–H and O–H groups in total. The number of nitro benzene ring substituents is 1. The normalized spacial score (nSPS) is 23.7. The molecule has 2 amide bonds. The van der Waals surface area contributed by atoms with Gasteiger partial charge >= 0.3 is 0 Å². The van der Waals surface area contributed by atoms with Crippen LogP contribution in [0.5, 0.6) is 0 Å². The third-order valence-corrected chi connectivity index (χ3v) is 9.17. The Morgan fingerprint density at radius 1 is 0.738 bits per heavy atom. The number of amides is 2. The van der Waals surface area contributed by atoms with Crippen LogP contribution in [-0.4, -0.2) is 23.0 Å². The molecule has 0 spiro atoms. The van der Waals surface area contributed by atoms with Crippen molar-refractivity contribution < 1.29 is 14.5 Å². The molecule has 42 heavy (non-hydrogen) atoms. The minimum Gasteiger partial charge on any atom is -0.274 e. The smallest absolute Gasteiger partial charge is 0.269 e. The van der Waals surface area contributed by atoms with Gasteiger partial charge in [-0.3, -0.25) is 24.7 Å². The lowest BCUT2D eigenvalue weighted by atomic mass is 9.47. The maximum atomic E-state index is 14.7. The van der Waals surface area contributed by atoms with E-state index in [1.165, 1.54) is 17.0 Å². The van der Waals surface area contributed by atoms with E-state index in [1.54, 1.807) is 18.3 Å². The maximum Gasteiger partial charge on any atom is 0.269 e. The zero-order valence-electron chi connectivity index (χ0n) is 22.3. The standard InChI is InChI=1S/C35H23N3O4/c39-33-31-30-25-11-3-5-13-27(25)35(28-14-6-4-12-26(28)30,20-36-22-16-18-23(19-17-22)38(41)42)32(31)34(40)37(33)29-15-7-9-21-8-1-2-10-24(21)29/h1-20,30-32H/t30?,31-,32-,35?/m0/s1. The van der Waals surface area contributed by atoms with Crippen LogP contribution in [0.1, 0.15) is 28.2 Å². The van der Waals surface area contributed by atoms with Gasteiger partial charge in [0.1, 0.15) is 0 Å². The van der Waals surface area contributed by atoms with Gasteiger partial charge in [0.15, 0.2) is 0 Å². The van der Waals surface area contributed by atoms with Crippen molar-refractivity contribution in [1.29, 1.82) is 0 Å². The molecule has 4 aliphatic rings. The Balaban J connectivity index is 1.37. The Bertz CT molecular complexity index is 1950. The number of rotatable bonds is 4. The van der Waals surface area contributed by atoms with Crippen LogP contribution in [0.4, 0.5) is 17.1 Å². The van der Waals surface area contributed by atoms with E-state index in [2.05, 4.69) is 12.1 Å². The number of carbonyl (C=O) groups is 2. The third-order valence-electron chi connectivity index (χ3n) is 9.17. The highest BCUT2D eigenvalue weighted by molar-refractivity contribution is 6.27. The van der Waals surface area contributed by atoms with Crippen molar-refractivity contribution in [3.05, 3.63) is 148 Å². The Morgan fingerprint density at radius 3 is 2.05 bits per heavy atom. The lowest BCUT2D eigenvalue weighted by molar-refractivity contribution is -0.384. The van der Waals surface area contributed by atoms with E-state index in [9.17, 15) is 19.7 Å². The summed E-state index contributed by atoms with van der Waals surface area (Å²) >= 11 is 0. The zero-order chi connectivity index (χ0) is 28.6. The lowest BCUT2D eigenvalue weighted by Gasteiger charge is -2.52. The first-order valence-corrected chi connectivity index (χ1v) is 13.8. The van der Waals surface area contributed by atoms with E-state index in [1.807, 2.05) is 78.9 Å². The summed E-state index contributed by atoms with van der Waals surface area (Å²) in [6, 6.07) is 35.5. The van der Waals surface area contributed by atoms with Gasteiger partial charge in [-0.15, -0.1) is 0 Å². The van der Waals surface area contributed by atoms with Crippen LogP contribution in [0, 0.1) is 22.0 Å². The largest absolute Gasteiger partial charge is 0.274 e. The summed E-state index contributed by atoms with van der Waals surface area (Å²) in [5.41, 5.74) is 4.04. The van der Waals surface area contributed by atoms with Crippen LogP contribution < -0.4 is 4.90 Å². The predicted octanol–water partition coefficient (Wildman–Crippen LogP) is 6.70. The van der Waals surface area contributed by atoms with Crippen LogP contribution in [0.25, 0.3) is 10.8 Å². The minimum absolute atomic E-state index is 0.0247. The highest BCUT2D eigenvalue weighted by Crippen LogP contribution is 2.64. The summed E-state index contributed by atoms with van der Waals surface area (Å²) in [6.07, 6.45) is 1.80. The molecule has 3 aliphatic carbocycles. The number of anilines is 1. The van der Waals surface area contributed by atoms with Crippen LogP contribution >= 0.6 is 0 Å². The molecular weight excluding hydrogens is 526 g/mol. The molecule has 202 valence electrons. The summed E-state index contributed by atoms with van der Waals surface area (Å²) in [6.45, 7) is 0. The van der Waals surface area contributed by atoms with Gasteiger partial charge in [0.2, 0.25) is 11.8 Å². The number of nitro groups is 1. The first-order valence-electron chi connectivity index (χ1n) is 13.8. The quantitative estimate of drug-likeness (QED) is 0.108. The van der Waals surface area contributed by atoms with Gasteiger partial charge in [-0.1, -0.05) is 84.9 Å². The van der Waals surface area contributed by atoms with Gasteiger partial charge in [0.05, 0.1) is 33.5 Å². The van der Waals surface area contributed by atoms with E-state index in [-0.39, 0.29) is 23.4 Å². The van der Waals surface area contributed by atoms with Crippen molar-refractivity contribution in [2.24, 2.45) is 16.8 Å². The number of hydrogen-bond acceptors (Lipinski definition) is 5. The van der Waals surface area contributed by atoms with Gasteiger partial charge in [0, 0.05) is 29.7 Å². The van der Waals surface area contributed by atoms with Crippen LogP contribution in [0.2, 0.25) is 0 Å². The van der Waals surface area contributed by atoms with Crippen molar-refractivity contribution >= 4 is 45.9 Å². The van der Waals surface area contributed by atoms with Gasteiger partial charge in [-0.25, -0.2) is 4.90 Å². The molecule has 7 heteroatoms. The van der Waals surface area contributed by atoms with Crippen LogP contribution in [0.15, 0.2) is 120 Å². The molecule has 5 aromatic rings. The highest BCUT2D eigenvalue weighted by Gasteiger charge is 2.68. The first-order chi connectivity index (χ1) is 20.5. The molecule has 2 bridgehead atoms. The monoisotopic (exact) mass is 549 g/mol. The van der Waals surface area contributed by atoms with Gasteiger partial charge in [-0.2, -0.15) is 0 Å². The van der Waals surface area contributed by atoms with Crippen molar-refractivity contribution in [2.45, 2.75) is 11.3 Å². The Kier molecular flexibility index (Phi) is 5.10. The third kappa shape index (κ3) is 3.13.